The number of carbonyl (C=O) groups excluding carboxylic acids is 1. The minimum absolute atomic E-state index is 0.000124. The second kappa shape index (κ2) is 7.82. The Morgan fingerprint density at radius 1 is 1.07 bits per heavy atom. The van der Waals surface area contributed by atoms with Crippen molar-refractivity contribution in [3.63, 3.8) is 0 Å². The molecule has 2 fully saturated rings. The number of ether oxygens (including phenoxy) is 1. The lowest BCUT2D eigenvalue weighted by molar-refractivity contribution is 0.110. The van der Waals surface area contributed by atoms with E-state index in [2.05, 4.69) is 31.3 Å². The lowest BCUT2D eigenvalue weighted by atomic mass is 10.1. The van der Waals surface area contributed by atoms with Crippen molar-refractivity contribution >= 4 is 6.03 Å². The van der Waals surface area contributed by atoms with Crippen molar-refractivity contribution < 1.29 is 13.9 Å². The molecule has 148 valence electrons. The van der Waals surface area contributed by atoms with Crippen LogP contribution in [0.4, 0.5) is 9.18 Å². The number of piperidine rings is 1. The van der Waals surface area contributed by atoms with E-state index in [0.717, 1.165) is 41.7 Å². The van der Waals surface area contributed by atoms with Crippen LogP contribution in [0.3, 0.4) is 0 Å². The first-order valence-corrected chi connectivity index (χ1v) is 10.0. The summed E-state index contributed by atoms with van der Waals surface area (Å²) in [6, 6.07) is 12.9. The minimum atomic E-state index is -0.226. The molecule has 0 aromatic heterocycles. The Hall–Kier alpha value is -2.56. The van der Waals surface area contributed by atoms with Crippen LogP contribution in [0, 0.1) is 19.7 Å². The molecular weight excluding hydrogens is 355 g/mol. The summed E-state index contributed by atoms with van der Waals surface area (Å²) in [4.78, 5) is 14.4. The molecular formula is C23H27FN2O2. The number of nitrogens with one attached hydrogen (secondary N) is 1. The van der Waals surface area contributed by atoms with Crippen LogP contribution in [0.15, 0.2) is 42.5 Å². The van der Waals surface area contributed by atoms with E-state index in [1.807, 2.05) is 23.1 Å². The van der Waals surface area contributed by atoms with Crippen molar-refractivity contribution in [1.29, 1.82) is 0 Å². The molecule has 4 nitrogen and oxygen atoms in total. The number of nitrogens with zero attached hydrogens (tertiary/aromatic N) is 1. The van der Waals surface area contributed by atoms with Gasteiger partial charge in [0.2, 0.25) is 0 Å². The molecule has 4 rings (SSSR count). The number of rotatable bonds is 4. The van der Waals surface area contributed by atoms with Gasteiger partial charge >= 0.3 is 6.03 Å². The minimum Gasteiger partial charge on any atom is -0.490 e. The predicted octanol–water partition coefficient (Wildman–Crippen LogP) is 4.55. The van der Waals surface area contributed by atoms with Crippen LogP contribution in [-0.2, 0) is 0 Å². The molecule has 28 heavy (non-hydrogen) atoms. The number of likely N-dealkylation sites (tertiary alicyclic amines) is 1. The largest absolute Gasteiger partial charge is 0.490 e. The van der Waals surface area contributed by atoms with Gasteiger partial charge in [0, 0.05) is 37.9 Å². The number of hydrogen-bond acceptors (Lipinski definition) is 2. The maximum atomic E-state index is 13.0. The topological polar surface area (TPSA) is 41.6 Å². The third kappa shape index (κ3) is 4.13. The third-order valence-corrected chi connectivity index (χ3v) is 5.82. The van der Waals surface area contributed by atoms with Gasteiger partial charge in [0.25, 0.3) is 0 Å². The molecule has 2 amide bonds. The van der Waals surface area contributed by atoms with Gasteiger partial charge in [0.1, 0.15) is 17.7 Å². The quantitative estimate of drug-likeness (QED) is 0.843. The summed E-state index contributed by atoms with van der Waals surface area (Å²) in [5, 5.41) is 3.12. The fourth-order valence-electron chi connectivity index (χ4n) is 4.01. The fourth-order valence-corrected chi connectivity index (χ4v) is 4.01. The molecule has 0 spiro atoms. The van der Waals surface area contributed by atoms with Crippen LogP contribution in [-0.4, -0.2) is 36.2 Å². The molecule has 2 atom stereocenters. The van der Waals surface area contributed by atoms with Gasteiger partial charge in [0.15, 0.2) is 0 Å². The summed E-state index contributed by atoms with van der Waals surface area (Å²) in [6.45, 7) is 5.54. The van der Waals surface area contributed by atoms with Gasteiger partial charge in [0.05, 0.1) is 0 Å². The first-order valence-electron chi connectivity index (χ1n) is 10.0. The summed E-state index contributed by atoms with van der Waals surface area (Å²) >= 11 is 0. The van der Waals surface area contributed by atoms with Crippen molar-refractivity contribution in [3.8, 4) is 5.75 Å². The van der Waals surface area contributed by atoms with Gasteiger partial charge in [-0.3, -0.25) is 0 Å². The number of aryl methyl sites for hydroxylation is 2. The van der Waals surface area contributed by atoms with E-state index in [1.54, 1.807) is 0 Å². The van der Waals surface area contributed by atoms with Crippen LogP contribution < -0.4 is 10.1 Å². The zero-order valence-electron chi connectivity index (χ0n) is 16.5. The smallest absolute Gasteiger partial charge is 0.317 e. The summed E-state index contributed by atoms with van der Waals surface area (Å²) < 4.78 is 19.3. The lowest BCUT2D eigenvalue weighted by Gasteiger charge is -2.33. The van der Waals surface area contributed by atoms with Crippen molar-refractivity contribution in [1.82, 2.24) is 10.2 Å². The maximum Gasteiger partial charge on any atom is 0.317 e. The summed E-state index contributed by atoms with van der Waals surface area (Å²) in [6.07, 6.45) is 2.75. The summed E-state index contributed by atoms with van der Waals surface area (Å²) in [5.74, 6) is 1.05. The van der Waals surface area contributed by atoms with Crippen LogP contribution in [0.2, 0.25) is 0 Å². The normalized spacial score (nSPS) is 22.0. The van der Waals surface area contributed by atoms with Crippen LogP contribution >= 0.6 is 0 Å². The van der Waals surface area contributed by atoms with Gasteiger partial charge < -0.3 is 15.0 Å². The second-order valence-corrected chi connectivity index (χ2v) is 7.97. The molecule has 1 saturated heterocycles. The number of benzene rings is 2. The Balaban J connectivity index is 1.25. The van der Waals surface area contributed by atoms with E-state index < -0.39 is 0 Å². The molecule has 0 bridgehead atoms. The van der Waals surface area contributed by atoms with Gasteiger partial charge in [-0.1, -0.05) is 30.3 Å². The lowest BCUT2D eigenvalue weighted by Crippen LogP contribution is -2.47. The zero-order chi connectivity index (χ0) is 19.7. The molecule has 2 aliphatic rings. The van der Waals surface area contributed by atoms with E-state index in [-0.39, 0.29) is 24.0 Å². The fraction of sp³-hybridized carbons (Fsp3) is 0.435. The maximum absolute atomic E-state index is 13.0. The molecule has 1 saturated carbocycles. The van der Waals surface area contributed by atoms with Crippen molar-refractivity contribution in [2.45, 2.75) is 51.2 Å². The Bertz CT molecular complexity index is 824. The average molecular weight is 382 g/mol. The first-order chi connectivity index (χ1) is 13.5. The summed E-state index contributed by atoms with van der Waals surface area (Å²) in [5.41, 5.74) is 3.40. The Labute approximate surface area is 165 Å². The van der Waals surface area contributed by atoms with Gasteiger partial charge in [-0.05, 0) is 49.1 Å². The van der Waals surface area contributed by atoms with E-state index in [4.69, 9.17) is 4.74 Å². The first kappa shape index (κ1) is 18.8. The average Bonchev–Trinajstić information content (AvgIpc) is 3.45. The number of carbonyl (C=O) groups is 1. The highest BCUT2D eigenvalue weighted by atomic mass is 19.1. The number of hydrogen-bond donors (Lipinski definition) is 1. The predicted molar refractivity (Wildman–Crippen MR) is 107 cm³/mol. The van der Waals surface area contributed by atoms with Crippen molar-refractivity contribution in [2.75, 3.05) is 13.1 Å². The molecule has 2 aromatic carbocycles. The molecule has 1 aliphatic carbocycles. The number of para-hydroxylation sites is 1. The SMILES string of the molecule is Cc1cccc(C)c1OC1CCN(C(=O)N[C@H]2C[C@@H]2c2ccc(F)cc2)CC1. The summed E-state index contributed by atoms with van der Waals surface area (Å²) in [7, 11) is 0. The van der Waals surface area contributed by atoms with Crippen molar-refractivity contribution in [3.05, 3.63) is 65.0 Å². The Kier molecular flexibility index (Phi) is 5.25. The standard InChI is InChI=1S/C23H27FN2O2/c1-15-4-3-5-16(2)22(15)28-19-10-12-26(13-11-19)23(27)25-21-14-20(21)17-6-8-18(24)9-7-17/h3-9,19-21H,10-14H2,1-2H3,(H,25,27)/t20-,21+/m1/s1. The molecule has 1 heterocycles. The highest BCUT2D eigenvalue weighted by Gasteiger charge is 2.40. The molecule has 1 aliphatic heterocycles. The van der Waals surface area contributed by atoms with E-state index in [1.165, 1.54) is 12.1 Å². The second-order valence-electron chi connectivity index (χ2n) is 7.97. The van der Waals surface area contributed by atoms with Crippen LogP contribution in [0.5, 0.6) is 5.75 Å². The zero-order valence-corrected chi connectivity index (χ0v) is 16.5. The monoisotopic (exact) mass is 382 g/mol. The van der Waals surface area contributed by atoms with E-state index in [9.17, 15) is 9.18 Å². The van der Waals surface area contributed by atoms with E-state index in [0.29, 0.717) is 19.0 Å². The van der Waals surface area contributed by atoms with Gasteiger partial charge in [-0.2, -0.15) is 0 Å². The number of amides is 2. The third-order valence-electron chi connectivity index (χ3n) is 5.82. The van der Waals surface area contributed by atoms with Crippen LogP contribution in [0.25, 0.3) is 0 Å². The molecule has 2 aromatic rings. The highest BCUT2D eigenvalue weighted by Crippen LogP contribution is 2.41. The van der Waals surface area contributed by atoms with E-state index >= 15 is 0 Å². The van der Waals surface area contributed by atoms with Gasteiger partial charge in [-0.15, -0.1) is 0 Å². The molecule has 1 N–H and O–H groups in total. The highest BCUT2D eigenvalue weighted by molar-refractivity contribution is 5.75. The van der Waals surface area contributed by atoms with Gasteiger partial charge in [-0.25, -0.2) is 9.18 Å². The molecule has 0 unspecified atom stereocenters. The Morgan fingerprint density at radius 3 is 2.36 bits per heavy atom. The number of urea groups is 1. The van der Waals surface area contributed by atoms with Crippen LogP contribution in [0.1, 0.15) is 41.9 Å². The molecule has 0 radical (unpaired) electrons. The Morgan fingerprint density at radius 2 is 1.71 bits per heavy atom. The van der Waals surface area contributed by atoms with Crippen molar-refractivity contribution in [2.24, 2.45) is 0 Å². The number of halogens is 1. The molecule has 5 heteroatoms.